The Kier molecular flexibility index (Phi) is 5.66. The van der Waals surface area contributed by atoms with Crippen molar-refractivity contribution in [2.45, 2.75) is 32.1 Å². The lowest BCUT2D eigenvalue weighted by atomic mass is 10.0. The molecular weight excluding hydrogens is 310 g/mol. The van der Waals surface area contributed by atoms with Gasteiger partial charge >= 0.3 is 0 Å². The molecule has 0 aliphatic carbocycles. The standard InChI is InChI=1S/C18H23NO3S/c1-4-22-18-8-6-5-7-17(18)19-23(20,21)16-11-9-15(10-12-16)13-14(2)3/h5-12,14,19H,4,13H2,1-3H3. The van der Waals surface area contributed by atoms with Crippen LogP contribution >= 0.6 is 0 Å². The SMILES string of the molecule is CCOc1ccccc1NS(=O)(=O)c1ccc(CC(C)C)cc1. The van der Waals surface area contributed by atoms with Crippen LogP contribution in [0.1, 0.15) is 26.3 Å². The topological polar surface area (TPSA) is 55.4 Å². The summed E-state index contributed by atoms with van der Waals surface area (Å²) in [5, 5.41) is 0. The average Bonchev–Trinajstić information content (AvgIpc) is 2.49. The van der Waals surface area contributed by atoms with E-state index >= 15 is 0 Å². The van der Waals surface area contributed by atoms with Gasteiger partial charge in [0.05, 0.1) is 17.2 Å². The van der Waals surface area contributed by atoms with Crippen molar-refractivity contribution in [2.75, 3.05) is 11.3 Å². The summed E-state index contributed by atoms with van der Waals surface area (Å²) in [6.45, 7) is 6.61. The Morgan fingerprint density at radius 3 is 2.30 bits per heavy atom. The molecule has 0 aromatic heterocycles. The first-order chi connectivity index (χ1) is 10.9. The molecule has 0 bridgehead atoms. The van der Waals surface area contributed by atoms with Gasteiger partial charge in [0.15, 0.2) is 0 Å². The molecule has 0 spiro atoms. The summed E-state index contributed by atoms with van der Waals surface area (Å²) in [6, 6.07) is 14.0. The number of hydrogen-bond donors (Lipinski definition) is 1. The molecule has 23 heavy (non-hydrogen) atoms. The summed E-state index contributed by atoms with van der Waals surface area (Å²) in [5.41, 5.74) is 1.58. The lowest BCUT2D eigenvalue weighted by molar-refractivity contribution is 0.342. The van der Waals surface area contributed by atoms with Gasteiger partial charge < -0.3 is 4.74 Å². The van der Waals surface area contributed by atoms with Crippen LogP contribution in [-0.2, 0) is 16.4 Å². The minimum Gasteiger partial charge on any atom is -0.492 e. The minimum absolute atomic E-state index is 0.247. The van der Waals surface area contributed by atoms with Gasteiger partial charge in [-0.3, -0.25) is 4.72 Å². The van der Waals surface area contributed by atoms with E-state index in [2.05, 4.69) is 18.6 Å². The van der Waals surface area contributed by atoms with E-state index in [4.69, 9.17) is 4.74 Å². The van der Waals surface area contributed by atoms with E-state index in [9.17, 15) is 8.42 Å². The minimum atomic E-state index is -3.63. The highest BCUT2D eigenvalue weighted by molar-refractivity contribution is 7.92. The Bertz CT molecular complexity index is 737. The normalized spacial score (nSPS) is 11.5. The zero-order chi connectivity index (χ0) is 16.9. The van der Waals surface area contributed by atoms with E-state index in [0.29, 0.717) is 24.0 Å². The first-order valence-electron chi connectivity index (χ1n) is 7.76. The number of nitrogens with one attached hydrogen (secondary N) is 1. The first-order valence-corrected chi connectivity index (χ1v) is 9.24. The third-order valence-electron chi connectivity index (χ3n) is 3.31. The average molecular weight is 333 g/mol. The Hall–Kier alpha value is -2.01. The molecular formula is C18H23NO3S. The highest BCUT2D eigenvalue weighted by atomic mass is 32.2. The summed E-state index contributed by atoms with van der Waals surface area (Å²) in [7, 11) is -3.63. The summed E-state index contributed by atoms with van der Waals surface area (Å²) in [6.07, 6.45) is 0.931. The molecule has 124 valence electrons. The molecule has 5 heteroatoms. The lowest BCUT2D eigenvalue weighted by Gasteiger charge is -2.13. The van der Waals surface area contributed by atoms with Gasteiger partial charge in [-0.05, 0) is 49.1 Å². The van der Waals surface area contributed by atoms with Gasteiger partial charge in [0.2, 0.25) is 0 Å². The van der Waals surface area contributed by atoms with E-state index in [0.717, 1.165) is 12.0 Å². The van der Waals surface area contributed by atoms with Crippen LogP contribution in [0.25, 0.3) is 0 Å². The van der Waals surface area contributed by atoms with Crippen molar-refractivity contribution >= 4 is 15.7 Å². The maximum absolute atomic E-state index is 12.5. The van der Waals surface area contributed by atoms with Crippen molar-refractivity contribution in [3.05, 3.63) is 54.1 Å². The molecule has 0 heterocycles. The molecule has 0 aliphatic heterocycles. The van der Waals surface area contributed by atoms with Crippen molar-refractivity contribution in [1.29, 1.82) is 0 Å². The fourth-order valence-electron chi connectivity index (χ4n) is 2.31. The maximum atomic E-state index is 12.5. The van der Waals surface area contributed by atoms with E-state index in [1.807, 2.05) is 25.1 Å². The van der Waals surface area contributed by atoms with Crippen LogP contribution in [0.15, 0.2) is 53.4 Å². The Labute approximate surface area is 138 Å². The molecule has 0 aliphatic rings. The second kappa shape index (κ2) is 7.51. The van der Waals surface area contributed by atoms with Crippen molar-refractivity contribution < 1.29 is 13.2 Å². The number of ether oxygens (including phenoxy) is 1. The van der Waals surface area contributed by atoms with Crippen molar-refractivity contribution in [2.24, 2.45) is 5.92 Å². The number of sulfonamides is 1. The number of anilines is 1. The van der Waals surface area contributed by atoms with Crippen molar-refractivity contribution in [3.8, 4) is 5.75 Å². The Morgan fingerprint density at radius 2 is 1.70 bits per heavy atom. The maximum Gasteiger partial charge on any atom is 0.262 e. The molecule has 0 radical (unpaired) electrons. The van der Waals surface area contributed by atoms with Crippen LogP contribution in [0.4, 0.5) is 5.69 Å². The summed E-state index contributed by atoms with van der Waals surface area (Å²) in [5.74, 6) is 1.06. The molecule has 0 saturated heterocycles. The molecule has 2 aromatic rings. The largest absolute Gasteiger partial charge is 0.492 e. The first kappa shape index (κ1) is 17.3. The second-order valence-corrected chi connectivity index (χ2v) is 7.46. The van der Waals surface area contributed by atoms with Crippen molar-refractivity contribution in [3.63, 3.8) is 0 Å². The summed E-state index contributed by atoms with van der Waals surface area (Å²) in [4.78, 5) is 0.247. The second-order valence-electron chi connectivity index (χ2n) is 5.78. The molecule has 4 nitrogen and oxygen atoms in total. The van der Waals surface area contributed by atoms with E-state index < -0.39 is 10.0 Å². The summed E-state index contributed by atoms with van der Waals surface area (Å²) < 4.78 is 33.1. The van der Waals surface area contributed by atoms with Gasteiger partial charge in [-0.25, -0.2) is 8.42 Å². The molecule has 2 aromatic carbocycles. The number of rotatable bonds is 7. The molecule has 1 N–H and O–H groups in total. The van der Waals surface area contributed by atoms with Crippen LogP contribution in [-0.4, -0.2) is 15.0 Å². The third-order valence-corrected chi connectivity index (χ3v) is 4.69. The van der Waals surface area contributed by atoms with Gasteiger partial charge in [-0.2, -0.15) is 0 Å². The van der Waals surface area contributed by atoms with Crippen LogP contribution < -0.4 is 9.46 Å². The predicted octanol–water partition coefficient (Wildman–Crippen LogP) is 4.08. The van der Waals surface area contributed by atoms with Gasteiger partial charge in [-0.15, -0.1) is 0 Å². The van der Waals surface area contributed by atoms with Crippen LogP contribution in [0.2, 0.25) is 0 Å². The van der Waals surface area contributed by atoms with E-state index in [-0.39, 0.29) is 4.90 Å². The quantitative estimate of drug-likeness (QED) is 0.830. The highest BCUT2D eigenvalue weighted by Gasteiger charge is 2.16. The summed E-state index contributed by atoms with van der Waals surface area (Å²) >= 11 is 0. The monoisotopic (exact) mass is 333 g/mol. The van der Waals surface area contributed by atoms with Gasteiger partial charge in [-0.1, -0.05) is 38.1 Å². The molecule has 0 unspecified atom stereocenters. The van der Waals surface area contributed by atoms with E-state index in [1.54, 1.807) is 30.3 Å². The van der Waals surface area contributed by atoms with Crippen LogP contribution in [0, 0.1) is 5.92 Å². The molecule has 0 fully saturated rings. The number of hydrogen-bond acceptors (Lipinski definition) is 3. The molecule has 0 amide bonds. The van der Waals surface area contributed by atoms with Crippen molar-refractivity contribution in [1.82, 2.24) is 0 Å². The lowest BCUT2D eigenvalue weighted by Crippen LogP contribution is -2.14. The Morgan fingerprint density at radius 1 is 1.04 bits per heavy atom. The van der Waals surface area contributed by atoms with Crippen LogP contribution in [0.5, 0.6) is 5.75 Å². The smallest absolute Gasteiger partial charge is 0.262 e. The van der Waals surface area contributed by atoms with Gasteiger partial charge in [0.25, 0.3) is 10.0 Å². The predicted molar refractivity (Wildman–Crippen MR) is 93.4 cm³/mol. The number of para-hydroxylation sites is 2. The Balaban J connectivity index is 2.22. The van der Waals surface area contributed by atoms with Gasteiger partial charge in [0.1, 0.15) is 5.75 Å². The molecule has 2 rings (SSSR count). The van der Waals surface area contributed by atoms with E-state index in [1.165, 1.54) is 0 Å². The molecule has 0 atom stereocenters. The zero-order valence-electron chi connectivity index (χ0n) is 13.7. The third kappa shape index (κ3) is 4.73. The fraction of sp³-hybridized carbons (Fsp3) is 0.333. The van der Waals surface area contributed by atoms with Crippen LogP contribution in [0.3, 0.4) is 0 Å². The number of benzene rings is 2. The van der Waals surface area contributed by atoms with Gasteiger partial charge in [0, 0.05) is 0 Å². The highest BCUT2D eigenvalue weighted by Crippen LogP contribution is 2.26. The molecule has 0 saturated carbocycles. The zero-order valence-corrected chi connectivity index (χ0v) is 14.6. The fourth-order valence-corrected chi connectivity index (χ4v) is 3.38.